The van der Waals surface area contributed by atoms with Crippen LogP contribution in [-0.4, -0.2) is 12.0 Å². The third-order valence-corrected chi connectivity index (χ3v) is 7.20. The zero-order valence-corrected chi connectivity index (χ0v) is 18.3. The summed E-state index contributed by atoms with van der Waals surface area (Å²) in [7, 11) is 1.69. The molecule has 2 aromatic heterocycles. The Labute approximate surface area is 170 Å². The number of nitrogens with zero attached hydrogens (tertiary/aromatic N) is 1. The van der Waals surface area contributed by atoms with Crippen LogP contribution < -0.4 is 4.74 Å². The second-order valence-electron chi connectivity index (χ2n) is 6.94. The van der Waals surface area contributed by atoms with Gasteiger partial charge in [-0.1, -0.05) is 75.0 Å². The van der Waals surface area contributed by atoms with Gasteiger partial charge in [0.05, 0.1) is 21.8 Å². The van der Waals surface area contributed by atoms with Crippen molar-refractivity contribution in [1.82, 2.24) is 0 Å². The first-order valence-corrected chi connectivity index (χ1v) is 11.7. The molecule has 0 aliphatic rings. The van der Waals surface area contributed by atoms with Gasteiger partial charge in [0.2, 0.25) is 0 Å². The van der Waals surface area contributed by atoms with Gasteiger partial charge in [-0.2, -0.15) is 0 Å². The summed E-state index contributed by atoms with van der Waals surface area (Å²) in [6.07, 6.45) is 11.5. The summed E-state index contributed by atoms with van der Waals surface area (Å²) in [4.78, 5) is 13.4. The summed E-state index contributed by atoms with van der Waals surface area (Å²) < 4.78 is 5.48. The van der Waals surface area contributed by atoms with Crippen molar-refractivity contribution in [3.63, 3.8) is 0 Å². The number of unbranched alkanes of at least 4 members (excludes halogenated alkanes) is 6. The molecule has 0 bridgehead atoms. The summed E-state index contributed by atoms with van der Waals surface area (Å²) in [6, 6.07) is 3.91. The maximum atomic E-state index is 11.4. The number of hydrogen-bond acceptors (Lipinski definition) is 5. The van der Waals surface area contributed by atoms with Gasteiger partial charge in [-0.15, -0.1) is 0 Å². The Bertz CT molecular complexity index is 721. The molecule has 0 amide bonds. The monoisotopic (exact) mass is 409 g/mol. The average Bonchev–Trinajstić information content (AvgIpc) is 3.26. The van der Waals surface area contributed by atoms with E-state index >= 15 is 0 Å². The van der Waals surface area contributed by atoms with Crippen LogP contribution in [0.1, 0.15) is 76.3 Å². The number of nitro groups is 1. The summed E-state index contributed by atoms with van der Waals surface area (Å²) >= 11 is 2.95. The van der Waals surface area contributed by atoms with Gasteiger partial charge < -0.3 is 4.74 Å². The van der Waals surface area contributed by atoms with Crippen LogP contribution in [0.5, 0.6) is 5.06 Å². The molecule has 0 unspecified atom stereocenters. The number of ether oxygens (including phenoxy) is 1. The molecule has 0 aromatic carbocycles. The van der Waals surface area contributed by atoms with E-state index in [1.165, 1.54) is 60.3 Å². The van der Waals surface area contributed by atoms with E-state index < -0.39 is 0 Å². The van der Waals surface area contributed by atoms with Gasteiger partial charge in [0, 0.05) is 6.07 Å². The van der Waals surface area contributed by atoms with Gasteiger partial charge in [0.25, 0.3) is 0 Å². The van der Waals surface area contributed by atoms with Crippen molar-refractivity contribution in [2.75, 3.05) is 7.11 Å². The second-order valence-corrected chi connectivity index (χ2v) is 8.99. The zero-order chi connectivity index (χ0) is 19.6. The van der Waals surface area contributed by atoms with E-state index in [0.29, 0.717) is 0 Å². The Morgan fingerprint density at radius 1 is 0.889 bits per heavy atom. The van der Waals surface area contributed by atoms with E-state index in [9.17, 15) is 10.1 Å². The molecule has 150 valence electrons. The van der Waals surface area contributed by atoms with Crippen molar-refractivity contribution in [1.29, 1.82) is 0 Å². The van der Waals surface area contributed by atoms with Crippen LogP contribution in [0.15, 0.2) is 12.1 Å². The Balaban J connectivity index is 2.28. The van der Waals surface area contributed by atoms with Gasteiger partial charge in [0.1, 0.15) is 0 Å². The molecule has 0 atom stereocenters. The predicted molar refractivity (Wildman–Crippen MR) is 117 cm³/mol. The van der Waals surface area contributed by atoms with Crippen molar-refractivity contribution >= 4 is 27.7 Å². The molecular weight excluding hydrogens is 378 g/mol. The molecule has 0 spiro atoms. The van der Waals surface area contributed by atoms with E-state index in [4.69, 9.17) is 4.74 Å². The number of methoxy groups -OCH3 is 1. The lowest BCUT2D eigenvalue weighted by Crippen LogP contribution is -1.89. The van der Waals surface area contributed by atoms with E-state index in [1.807, 2.05) is 0 Å². The third kappa shape index (κ3) is 6.32. The SMILES string of the molecule is CCCCCCc1cc(OC)sc1-c1sc([N+](=O)[O-])cc1CCCCCC. The Morgan fingerprint density at radius 2 is 1.44 bits per heavy atom. The van der Waals surface area contributed by atoms with E-state index in [-0.39, 0.29) is 9.92 Å². The Kier molecular flexibility index (Phi) is 9.28. The molecule has 4 nitrogen and oxygen atoms in total. The van der Waals surface area contributed by atoms with E-state index in [2.05, 4.69) is 19.9 Å². The van der Waals surface area contributed by atoms with Gasteiger partial charge in [-0.25, -0.2) is 0 Å². The molecule has 2 aromatic rings. The van der Waals surface area contributed by atoms with Crippen molar-refractivity contribution < 1.29 is 9.66 Å². The quantitative estimate of drug-likeness (QED) is 0.194. The molecule has 0 radical (unpaired) electrons. The highest BCUT2D eigenvalue weighted by atomic mass is 32.1. The number of aryl methyl sites for hydroxylation is 2. The van der Waals surface area contributed by atoms with Crippen molar-refractivity contribution in [2.24, 2.45) is 0 Å². The molecule has 2 rings (SSSR count). The van der Waals surface area contributed by atoms with Crippen molar-refractivity contribution in [2.45, 2.75) is 78.1 Å². The first-order chi connectivity index (χ1) is 13.1. The maximum Gasteiger partial charge on any atom is 0.324 e. The normalized spacial score (nSPS) is 11.1. The minimum atomic E-state index is -0.254. The van der Waals surface area contributed by atoms with Gasteiger partial charge in [0.15, 0.2) is 5.06 Å². The average molecular weight is 410 g/mol. The lowest BCUT2D eigenvalue weighted by molar-refractivity contribution is -0.380. The van der Waals surface area contributed by atoms with Crippen LogP contribution in [0.3, 0.4) is 0 Å². The molecular formula is C21H31NO3S2. The largest absolute Gasteiger partial charge is 0.487 e. The standard InChI is InChI=1S/C21H31NO3S2/c1-4-6-8-10-12-16-14-18(22(23)24)26-20(16)21-17(13-11-9-7-5-2)15-19(25-3)27-21/h14-15H,4-13H2,1-3H3. The molecule has 0 aliphatic carbocycles. The lowest BCUT2D eigenvalue weighted by Gasteiger charge is -2.05. The Hall–Kier alpha value is -1.40. The van der Waals surface area contributed by atoms with Gasteiger partial charge in [-0.3, -0.25) is 10.1 Å². The molecule has 0 saturated carbocycles. The minimum Gasteiger partial charge on any atom is -0.487 e. The van der Waals surface area contributed by atoms with E-state index in [1.54, 1.807) is 24.5 Å². The van der Waals surface area contributed by atoms with Crippen LogP contribution in [0.25, 0.3) is 9.75 Å². The molecule has 2 heterocycles. The number of rotatable bonds is 13. The summed E-state index contributed by atoms with van der Waals surface area (Å²) in [6.45, 7) is 4.41. The van der Waals surface area contributed by atoms with Gasteiger partial charge in [-0.05, 0) is 42.9 Å². The smallest absolute Gasteiger partial charge is 0.324 e. The van der Waals surface area contributed by atoms with Crippen LogP contribution in [0, 0.1) is 10.1 Å². The van der Waals surface area contributed by atoms with Crippen molar-refractivity contribution in [3.05, 3.63) is 33.4 Å². The molecule has 0 N–H and O–H groups in total. The highest BCUT2D eigenvalue weighted by molar-refractivity contribution is 7.24. The van der Waals surface area contributed by atoms with Crippen LogP contribution in [0.2, 0.25) is 0 Å². The highest BCUT2D eigenvalue weighted by Crippen LogP contribution is 2.45. The van der Waals surface area contributed by atoms with Crippen LogP contribution in [-0.2, 0) is 12.8 Å². The number of thiophene rings is 2. The fourth-order valence-electron chi connectivity index (χ4n) is 3.25. The van der Waals surface area contributed by atoms with Gasteiger partial charge >= 0.3 is 5.00 Å². The molecule has 0 saturated heterocycles. The lowest BCUT2D eigenvalue weighted by atomic mass is 10.0. The molecule has 0 aliphatic heterocycles. The summed E-state index contributed by atoms with van der Waals surface area (Å²) in [5.41, 5.74) is 2.40. The van der Waals surface area contributed by atoms with Crippen LogP contribution in [0.4, 0.5) is 5.00 Å². The zero-order valence-electron chi connectivity index (χ0n) is 16.7. The van der Waals surface area contributed by atoms with Crippen molar-refractivity contribution in [3.8, 4) is 14.8 Å². The second kappa shape index (κ2) is 11.4. The molecule has 6 heteroatoms. The fourth-order valence-corrected chi connectivity index (χ4v) is 5.50. The third-order valence-electron chi connectivity index (χ3n) is 4.77. The topological polar surface area (TPSA) is 52.4 Å². The molecule has 27 heavy (non-hydrogen) atoms. The first-order valence-electron chi connectivity index (χ1n) is 10.0. The number of hydrogen-bond donors (Lipinski definition) is 0. The molecule has 0 fully saturated rings. The summed E-state index contributed by atoms with van der Waals surface area (Å²) in [5, 5.41) is 12.5. The predicted octanol–water partition coefficient (Wildman–Crippen LogP) is 7.64. The fraction of sp³-hybridized carbons (Fsp3) is 0.619. The minimum absolute atomic E-state index is 0.250. The Morgan fingerprint density at radius 3 is 1.96 bits per heavy atom. The highest BCUT2D eigenvalue weighted by Gasteiger charge is 2.22. The van der Waals surface area contributed by atoms with Crippen LogP contribution >= 0.6 is 22.7 Å². The summed E-state index contributed by atoms with van der Waals surface area (Å²) in [5.74, 6) is 0. The maximum absolute atomic E-state index is 11.4. The van der Waals surface area contributed by atoms with E-state index in [0.717, 1.165) is 41.2 Å². The first kappa shape index (κ1) is 21.9.